The molecule has 0 spiro atoms. The molecule has 2 nitrogen and oxygen atoms in total. The summed E-state index contributed by atoms with van der Waals surface area (Å²) < 4.78 is 74.0. The molecule has 2 heteroatoms. The van der Waals surface area contributed by atoms with Crippen molar-refractivity contribution in [3.63, 3.8) is 0 Å². The van der Waals surface area contributed by atoms with Crippen LogP contribution in [-0.2, 0) is 0 Å². The van der Waals surface area contributed by atoms with Crippen LogP contribution in [0.15, 0.2) is 158 Å². The monoisotopic (exact) mass is 530 g/mol. The molecule has 0 atom stereocenters. The van der Waals surface area contributed by atoms with E-state index in [4.69, 9.17) is 10.5 Å². The van der Waals surface area contributed by atoms with Crippen molar-refractivity contribution in [2.75, 3.05) is 0 Å². The third-order valence-electron chi connectivity index (χ3n) is 7.44. The zero-order valence-corrected chi connectivity index (χ0v) is 21.8. The van der Waals surface area contributed by atoms with E-state index < -0.39 is 24.2 Å². The van der Waals surface area contributed by atoms with Gasteiger partial charge in [0.1, 0.15) is 5.82 Å². The Labute approximate surface area is 250 Å². The fraction of sp³-hybridized carbons (Fsp3) is 0. The van der Waals surface area contributed by atoms with Gasteiger partial charge in [-0.05, 0) is 56.4 Å². The molecule has 0 fully saturated rings. The van der Waals surface area contributed by atoms with Crippen molar-refractivity contribution >= 4 is 32.6 Å². The van der Waals surface area contributed by atoms with Gasteiger partial charge in [-0.3, -0.25) is 4.57 Å². The lowest BCUT2D eigenvalue weighted by Crippen LogP contribution is -2.01. The summed E-state index contributed by atoms with van der Waals surface area (Å²) in [5, 5.41) is 0.692. The van der Waals surface area contributed by atoms with Gasteiger partial charge in [-0.15, -0.1) is 0 Å². The Morgan fingerprint density at radius 1 is 0.488 bits per heavy atom. The van der Waals surface area contributed by atoms with E-state index in [1.54, 1.807) is 24.3 Å². The minimum Gasteiger partial charge on any atom is -0.292 e. The van der Waals surface area contributed by atoms with Crippen LogP contribution in [0.3, 0.4) is 0 Å². The number of benzene rings is 7. The molecule has 192 valence electrons. The van der Waals surface area contributed by atoms with Gasteiger partial charge < -0.3 is 0 Å². The number of aromatic nitrogens is 2. The summed E-state index contributed by atoms with van der Waals surface area (Å²) in [4.78, 5) is 5.01. The number of nitrogens with zero attached hydrogens (tertiary/aromatic N) is 2. The van der Waals surface area contributed by atoms with Crippen LogP contribution in [-0.4, -0.2) is 9.55 Å². The van der Waals surface area contributed by atoms with Crippen LogP contribution in [0.4, 0.5) is 0 Å². The normalized spacial score (nSPS) is 14.1. The van der Waals surface area contributed by atoms with Gasteiger partial charge in [0, 0.05) is 11.1 Å². The van der Waals surface area contributed by atoms with E-state index in [2.05, 4.69) is 0 Å². The summed E-state index contributed by atoms with van der Waals surface area (Å²) >= 11 is 0. The molecule has 1 aromatic heterocycles. The number of imidazole rings is 1. The topological polar surface area (TPSA) is 17.8 Å². The highest BCUT2D eigenvalue weighted by atomic mass is 15.1. The first-order chi connectivity index (χ1) is 23.7. The molecule has 8 rings (SSSR count). The maximum absolute atomic E-state index is 9.32. The molecule has 0 saturated heterocycles. The van der Waals surface area contributed by atoms with E-state index in [0.717, 1.165) is 16.6 Å². The van der Waals surface area contributed by atoms with Crippen molar-refractivity contribution in [3.8, 4) is 39.3 Å². The molecule has 41 heavy (non-hydrogen) atoms. The molecule has 0 N–H and O–H groups in total. The van der Waals surface area contributed by atoms with Gasteiger partial charge in [-0.25, -0.2) is 4.98 Å². The Bertz CT molecular complexity index is 2550. The van der Waals surface area contributed by atoms with Crippen LogP contribution >= 0.6 is 0 Å². The summed E-state index contributed by atoms with van der Waals surface area (Å²) in [6, 6.07) is 30.9. The molecule has 0 bridgehead atoms. The third-order valence-corrected chi connectivity index (χ3v) is 7.44. The minimum absolute atomic E-state index is 0.167. The van der Waals surface area contributed by atoms with E-state index in [-0.39, 0.29) is 51.3 Å². The van der Waals surface area contributed by atoms with Crippen molar-refractivity contribution in [2.45, 2.75) is 0 Å². The van der Waals surface area contributed by atoms with Crippen molar-refractivity contribution in [2.24, 2.45) is 0 Å². The summed E-state index contributed by atoms with van der Waals surface area (Å²) in [5.74, 6) is 0.646. The lowest BCUT2D eigenvalue weighted by atomic mass is 9.85. The highest BCUT2D eigenvalue weighted by molar-refractivity contribution is 6.22. The number of fused-ring (bicyclic) bond motifs is 3. The van der Waals surface area contributed by atoms with E-state index in [1.807, 2.05) is 89.5 Å². The number of rotatable bonds is 4. The van der Waals surface area contributed by atoms with Crippen molar-refractivity contribution in [1.29, 1.82) is 0 Å². The molecule has 8 aromatic rings. The lowest BCUT2D eigenvalue weighted by Gasteiger charge is -2.20. The van der Waals surface area contributed by atoms with Crippen molar-refractivity contribution < 1.29 is 11.0 Å². The number of para-hydroxylation sites is 3. The average Bonchev–Trinajstić information content (AvgIpc) is 3.53. The molecular weight excluding hydrogens is 496 g/mol. The van der Waals surface area contributed by atoms with E-state index in [0.29, 0.717) is 28.2 Å². The number of hydrogen-bond acceptors (Lipinski definition) is 1. The van der Waals surface area contributed by atoms with Gasteiger partial charge in [-0.2, -0.15) is 0 Å². The van der Waals surface area contributed by atoms with Gasteiger partial charge >= 0.3 is 0 Å². The quantitative estimate of drug-likeness (QED) is 0.207. The summed E-state index contributed by atoms with van der Waals surface area (Å²) in [6.45, 7) is 0. The zero-order chi connectivity index (χ0) is 34.1. The lowest BCUT2D eigenvalue weighted by molar-refractivity contribution is 1.10. The highest BCUT2D eigenvalue weighted by Crippen LogP contribution is 2.45. The molecular formula is C39H26N2. The molecule has 0 aliphatic rings. The van der Waals surface area contributed by atoms with Crippen LogP contribution in [0.25, 0.3) is 71.9 Å². The Hall–Kier alpha value is -5.47. The molecule has 0 amide bonds. The highest BCUT2D eigenvalue weighted by Gasteiger charge is 2.21. The molecule has 1 heterocycles. The van der Waals surface area contributed by atoms with Crippen molar-refractivity contribution in [3.05, 3.63) is 158 Å². The summed E-state index contributed by atoms with van der Waals surface area (Å²) in [6.07, 6.45) is 0. The average molecular weight is 531 g/mol. The molecule has 7 aromatic carbocycles. The Morgan fingerprint density at radius 2 is 1.00 bits per heavy atom. The van der Waals surface area contributed by atoms with Crippen LogP contribution in [0.5, 0.6) is 0 Å². The zero-order valence-electron chi connectivity index (χ0n) is 29.8. The first kappa shape index (κ1) is 16.6. The van der Waals surface area contributed by atoms with Crippen LogP contribution < -0.4 is 0 Å². The number of hydrogen-bond donors (Lipinski definition) is 0. The first-order valence-corrected chi connectivity index (χ1v) is 13.3. The maximum Gasteiger partial charge on any atom is 0.145 e. The van der Waals surface area contributed by atoms with E-state index in [1.165, 1.54) is 0 Å². The fourth-order valence-corrected chi connectivity index (χ4v) is 5.72. The first-order valence-electron chi connectivity index (χ1n) is 17.3. The Morgan fingerprint density at radius 3 is 1.66 bits per heavy atom. The van der Waals surface area contributed by atoms with Gasteiger partial charge in [0.15, 0.2) is 0 Å². The second-order valence-corrected chi connectivity index (χ2v) is 9.76. The summed E-state index contributed by atoms with van der Waals surface area (Å²) in [7, 11) is 0. The largest absolute Gasteiger partial charge is 0.292 e. The summed E-state index contributed by atoms with van der Waals surface area (Å²) in [5.41, 5.74) is 4.73. The second kappa shape index (κ2) is 9.62. The van der Waals surface area contributed by atoms with E-state index >= 15 is 0 Å². The molecule has 0 saturated carbocycles. The van der Waals surface area contributed by atoms with Crippen LogP contribution in [0, 0.1) is 0 Å². The molecule has 0 unspecified atom stereocenters. The second-order valence-electron chi connectivity index (χ2n) is 9.76. The van der Waals surface area contributed by atoms with Gasteiger partial charge in [0.05, 0.1) is 27.7 Å². The predicted octanol–water partition coefficient (Wildman–Crippen LogP) is 10.3. The minimum atomic E-state index is -0.437. The maximum atomic E-state index is 9.32. The van der Waals surface area contributed by atoms with Crippen molar-refractivity contribution in [1.82, 2.24) is 9.55 Å². The van der Waals surface area contributed by atoms with Crippen LogP contribution in [0.2, 0.25) is 0 Å². The van der Waals surface area contributed by atoms with Gasteiger partial charge in [0.25, 0.3) is 0 Å². The van der Waals surface area contributed by atoms with Gasteiger partial charge in [0.2, 0.25) is 0 Å². The molecule has 0 radical (unpaired) electrons. The third kappa shape index (κ3) is 3.76. The SMILES string of the molecule is [2H]c1c([2H])c([2H])c2c(-c3ccccc3-n3c(-c4ccccc4)nc4ccccc43)c3c([2H])c([2H])c([2H])c([2H])c3c(-c3ccccc3)c2c1[2H]. The molecule has 0 aliphatic carbocycles. The Kier molecular flexibility index (Phi) is 3.89. The predicted molar refractivity (Wildman–Crippen MR) is 172 cm³/mol. The Balaban J connectivity index is 1.66. The smallest absolute Gasteiger partial charge is 0.145 e. The standard InChI is InChI=1S/C39H26N2/c1-3-15-27(16-4-1)37-29-19-7-9-21-31(29)38(32-22-10-8-20-30(32)37)33-23-11-13-25-35(33)41-36-26-14-12-24-34(36)40-39(41)28-17-5-2-6-18-28/h1-26H/i7D,8D,9D,10D,19D,20D,21D,22D. The van der Waals surface area contributed by atoms with Crippen LogP contribution in [0.1, 0.15) is 11.0 Å². The fourth-order valence-electron chi connectivity index (χ4n) is 5.72. The van der Waals surface area contributed by atoms with Gasteiger partial charge in [-0.1, -0.05) is 139 Å². The van der Waals surface area contributed by atoms with E-state index in [9.17, 15) is 5.48 Å². The molecule has 0 aliphatic heterocycles.